The molecule has 0 aliphatic heterocycles. The molecule has 1 aromatic heterocycles. The van der Waals surface area contributed by atoms with Crippen LogP contribution in [0.1, 0.15) is 10.5 Å². The number of hydrogen-bond acceptors (Lipinski definition) is 5. The summed E-state index contributed by atoms with van der Waals surface area (Å²) in [5.41, 5.74) is -4.52. The van der Waals surface area contributed by atoms with Crippen LogP contribution in [0.4, 0.5) is 13.2 Å². The maximum atomic E-state index is 11.8. The quantitative estimate of drug-likeness (QED) is 0.609. The van der Waals surface area contributed by atoms with Crippen LogP contribution in [-0.2, 0) is 11.8 Å². The minimum atomic E-state index is -4.52. The second-order valence-electron chi connectivity index (χ2n) is 2.60. The average Bonchev–Trinajstić information content (AvgIpc) is 2.55. The number of aromatic nitrogens is 2. The zero-order valence-corrected chi connectivity index (χ0v) is 9.06. The summed E-state index contributed by atoms with van der Waals surface area (Å²) in [4.78, 5) is 11.1. The van der Waals surface area contributed by atoms with Crippen LogP contribution < -0.4 is 4.18 Å². The van der Waals surface area contributed by atoms with Gasteiger partial charge in [-0.2, -0.15) is 13.2 Å². The summed E-state index contributed by atoms with van der Waals surface area (Å²) in [6, 6.07) is 1.06. The lowest BCUT2D eigenvalue weighted by Crippen LogP contribution is -2.07. The zero-order chi connectivity index (χ0) is 12.3. The van der Waals surface area contributed by atoms with Gasteiger partial charge < -0.3 is 8.92 Å². The third kappa shape index (κ3) is 3.33. The summed E-state index contributed by atoms with van der Waals surface area (Å²) < 4.78 is 45.1. The molecular formula is C7H7F3N2O3S. The van der Waals surface area contributed by atoms with Crippen molar-refractivity contribution in [1.82, 2.24) is 9.78 Å². The number of halogens is 3. The van der Waals surface area contributed by atoms with E-state index in [1.54, 1.807) is 0 Å². The number of hydrogen-bond donors (Lipinski definition) is 0. The highest BCUT2D eigenvalue weighted by atomic mass is 32.2. The molecule has 1 rings (SSSR count). The van der Waals surface area contributed by atoms with E-state index in [9.17, 15) is 18.0 Å². The Morgan fingerprint density at radius 3 is 2.69 bits per heavy atom. The number of ether oxygens (including phenoxy) is 1. The number of alkyl halides is 3. The maximum absolute atomic E-state index is 11.8. The Morgan fingerprint density at radius 2 is 2.19 bits per heavy atom. The highest BCUT2D eigenvalue weighted by Gasteiger charge is 2.32. The smallest absolute Gasteiger partial charge is 0.464 e. The molecule has 0 N–H and O–H groups in total. The Kier molecular flexibility index (Phi) is 3.68. The first kappa shape index (κ1) is 12.7. The van der Waals surface area contributed by atoms with Crippen molar-refractivity contribution in [3.8, 4) is 5.88 Å². The Hall–Kier alpha value is -1.38. The van der Waals surface area contributed by atoms with Crippen molar-refractivity contribution in [2.45, 2.75) is 5.51 Å². The van der Waals surface area contributed by atoms with Crippen LogP contribution in [0, 0.1) is 0 Å². The van der Waals surface area contributed by atoms with Crippen molar-refractivity contribution >= 4 is 18.0 Å². The third-order valence-corrected chi connectivity index (χ3v) is 1.92. The first-order valence-electron chi connectivity index (χ1n) is 3.88. The fraction of sp³-hybridized carbons (Fsp3) is 0.429. The van der Waals surface area contributed by atoms with Gasteiger partial charge in [0.25, 0.3) is 0 Å². The highest BCUT2D eigenvalue weighted by Crippen LogP contribution is 2.32. The maximum Gasteiger partial charge on any atom is 0.479 e. The SMILES string of the molecule is COC(=O)c1cc(OSC(F)(F)F)nn1C. The van der Waals surface area contributed by atoms with Crippen LogP contribution >= 0.6 is 12.0 Å². The summed E-state index contributed by atoms with van der Waals surface area (Å²) in [6.07, 6.45) is 0. The molecule has 0 spiro atoms. The van der Waals surface area contributed by atoms with Gasteiger partial charge in [0.2, 0.25) is 5.88 Å². The molecule has 0 atom stereocenters. The molecule has 0 saturated carbocycles. The minimum absolute atomic E-state index is 0.000254. The van der Waals surface area contributed by atoms with Crippen LogP contribution in [-0.4, -0.2) is 28.4 Å². The van der Waals surface area contributed by atoms with Gasteiger partial charge in [-0.05, 0) is 0 Å². The first-order valence-corrected chi connectivity index (χ1v) is 4.62. The molecule has 0 fully saturated rings. The van der Waals surface area contributed by atoms with Gasteiger partial charge in [0, 0.05) is 13.1 Å². The standard InChI is InChI=1S/C7H7F3N2O3S/c1-12-4(6(13)14-2)3-5(11-12)15-16-7(8,9)10/h3H,1-2H3. The number of nitrogens with zero attached hydrogens (tertiary/aromatic N) is 2. The lowest BCUT2D eigenvalue weighted by atomic mass is 10.4. The van der Waals surface area contributed by atoms with Crippen LogP contribution in [0.5, 0.6) is 5.88 Å². The van der Waals surface area contributed by atoms with E-state index in [-0.39, 0.29) is 11.6 Å². The number of methoxy groups -OCH3 is 1. The molecule has 1 aromatic rings. The highest BCUT2D eigenvalue weighted by molar-refractivity contribution is 7.95. The number of carbonyl (C=O) groups excluding carboxylic acids is 1. The monoisotopic (exact) mass is 256 g/mol. The number of esters is 1. The van der Waals surface area contributed by atoms with Crippen molar-refractivity contribution in [2.24, 2.45) is 7.05 Å². The van der Waals surface area contributed by atoms with Crippen molar-refractivity contribution < 1.29 is 26.9 Å². The largest absolute Gasteiger partial charge is 0.479 e. The number of carbonyl (C=O) groups is 1. The topological polar surface area (TPSA) is 53.4 Å². The van der Waals surface area contributed by atoms with Gasteiger partial charge >= 0.3 is 11.5 Å². The lowest BCUT2D eigenvalue weighted by molar-refractivity contribution is -0.0370. The molecule has 1 heterocycles. The molecule has 0 aliphatic carbocycles. The fourth-order valence-corrected chi connectivity index (χ4v) is 1.13. The molecule has 0 aromatic carbocycles. The second kappa shape index (κ2) is 4.64. The van der Waals surface area contributed by atoms with Crippen LogP contribution in [0.15, 0.2) is 6.07 Å². The Labute approximate surface area is 92.7 Å². The molecule has 0 aliphatic rings. The van der Waals surface area contributed by atoms with Crippen molar-refractivity contribution in [3.63, 3.8) is 0 Å². The van der Waals surface area contributed by atoms with E-state index < -0.39 is 23.5 Å². The molecular weight excluding hydrogens is 249 g/mol. The van der Waals surface area contributed by atoms with Crippen LogP contribution in [0.2, 0.25) is 0 Å². The van der Waals surface area contributed by atoms with E-state index in [0.29, 0.717) is 0 Å². The molecule has 0 radical (unpaired) electrons. The van der Waals surface area contributed by atoms with Crippen molar-refractivity contribution in [1.29, 1.82) is 0 Å². The van der Waals surface area contributed by atoms with E-state index in [1.807, 2.05) is 0 Å². The predicted octanol–water partition coefficient (Wildman–Crippen LogP) is 1.75. The van der Waals surface area contributed by atoms with Gasteiger partial charge in [0.15, 0.2) is 12.0 Å². The van der Waals surface area contributed by atoms with Gasteiger partial charge in [0.05, 0.1) is 7.11 Å². The molecule has 0 amide bonds. The number of aryl methyl sites for hydroxylation is 1. The summed E-state index contributed by atoms with van der Waals surface area (Å²) >= 11 is -0.700. The normalized spacial score (nSPS) is 11.3. The minimum Gasteiger partial charge on any atom is -0.464 e. The number of rotatable bonds is 3. The molecule has 0 saturated heterocycles. The first-order chi connectivity index (χ1) is 7.33. The van der Waals surface area contributed by atoms with Crippen molar-refractivity contribution in [3.05, 3.63) is 11.8 Å². The summed E-state index contributed by atoms with van der Waals surface area (Å²) in [5.74, 6) is -1.02. The van der Waals surface area contributed by atoms with E-state index >= 15 is 0 Å². The zero-order valence-electron chi connectivity index (χ0n) is 8.24. The Morgan fingerprint density at radius 1 is 1.56 bits per heavy atom. The van der Waals surface area contributed by atoms with Gasteiger partial charge in [-0.1, -0.05) is 0 Å². The van der Waals surface area contributed by atoms with Crippen molar-refractivity contribution in [2.75, 3.05) is 7.11 Å². The Balaban J connectivity index is 2.74. The summed E-state index contributed by atoms with van der Waals surface area (Å²) in [6.45, 7) is 0. The Bertz CT molecular complexity index is 391. The molecule has 9 heteroatoms. The van der Waals surface area contributed by atoms with Gasteiger partial charge in [-0.15, -0.1) is 5.10 Å². The van der Waals surface area contributed by atoms with Gasteiger partial charge in [-0.3, -0.25) is 4.68 Å². The molecule has 16 heavy (non-hydrogen) atoms. The molecule has 90 valence electrons. The van der Waals surface area contributed by atoms with Crippen LogP contribution in [0.3, 0.4) is 0 Å². The van der Waals surface area contributed by atoms with E-state index in [1.165, 1.54) is 7.05 Å². The summed E-state index contributed by atoms with van der Waals surface area (Å²) in [7, 11) is 2.54. The van der Waals surface area contributed by atoms with E-state index in [0.717, 1.165) is 17.9 Å². The molecule has 0 unspecified atom stereocenters. The second-order valence-corrected chi connectivity index (χ2v) is 3.39. The van der Waals surface area contributed by atoms with Gasteiger partial charge in [-0.25, -0.2) is 4.79 Å². The third-order valence-electron chi connectivity index (χ3n) is 1.47. The summed E-state index contributed by atoms with van der Waals surface area (Å²) in [5, 5.41) is 3.56. The molecule has 0 bridgehead atoms. The lowest BCUT2D eigenvalue weighted by Gasteiger charge is -2.02. The average molecular weight is 256 g/mol. The fourth-order valence-electron chi connectivity index (χ4n) is 0.867. The van der Waals surface area contributed by atoms with E-state index in [2.05, 4.69) is 14.0 Å². The van der Waals surface area contributed by atoms with E-state index in [4.69, 9.17) is 0 Å². The molecule has 5 nitrogen and oxygen atoms in total. The van der Waals surface area contributed by atoms with Gasteiger partial charge in [0.1, 0.15) is 5.69 Å². The predicted molar refractivity (Wildman–Crippen MR) is 48.8 cm³/mol. The van der Waals surface area contributed by atoms with Crippen LogP contribution in [0.25, 0.3) is 0 Å².